The lowest BCUT2D eigenvalue weighted by atomic mass is 9.74. The fourth-order valence-electron chi connectivity index (χ4n) is 3.25. The number of hydrogen-bond acceptors (Lipinski definition) is 5. The molecule has 0 radical (unpaired) electrons. The molecule has 1 aromatic rings. The molecule has 1 aromatic heterocycles. The standard InChI is InChI=1S/C14H20N4O4/c1-17-6-11(4-16-17)22-8-12(19)18-5-10-7-21-3-2-14(10,9-18)13(15)20/h4,6,10H,2-3,5,7-9H2,1H3,(H2,15,20)/t10-,14+/m1/s1. The lowest BCUT2D eigenvalue weighted by Gasteiger charge is -2.34. The van der Waals surface area contributed by atoms with Crippen molar-refractivity contribution < 1.29 is 19.1 Å². The van der Waals surface area contributed by atoms with Crippen LogP contribution in [0.2, 0.25) is 0 Å². The molecule has 3 heterocycles. The van der Waals surface area contributed by atoms with E-state index in [9.17, 15) is 9.59 Å². The van der Waals surface area contributed by atoms with Gasteiger partial charge < -0.3 is 20.1 Å². The van der Waals surface area contributed by atoms with Gasteiger partial charge in [0, 0.05) is 32.7 Å². The number of nitrogens with zero attached hydrogens (tertiary/aromatic N) is 3. The van der Waals surface area contributed by atoms with Crippen LogP contribution in [0.25, 0.3) is 0 Å². The van der Waals surface area contributed by atoms with Crippen molar-refractivity contribution >= 4 is 11.8 Å². The summed E-state index contributed by atoms with van der Waals surface area (Å²) in [6, 6.07) is 0. The van der Waals surface area contributed by atoms with Crippen LogP contribution in [0, 0.1) is 11.3 Å². The number of aryl methyl sites for hydroxylation is 1. The Morgan fingerprint density at radius 1 is 1.59 bits per heavy atom. The van der Waals surface area contributed by atoms with Gasteiger partial charge in [-0.3, -0.25) is 14.3 Å². The second-order valence-electron chi connectivity index (χ2n) is 5.95. The monoisotopic (exact) mass is 308 g/mol. The fraction of sp³-hybridized carbons (Fsp3) is 0.643. The first-order valence-corrected chi connectivity index (χ1v) is 7.28. The van der Waals surface area contributed by atoms with E-state index in [1.807, 2.05) is 0 Å². The molecule has 2 amide bonds. The summed E-state index contributed by atoms with van der Waals surface area (Å²) in [5, 5.41) is 3.97. The molecule has 2 atom stereocenters. The van der Waals surface area contributed by atoms with Gasteiger partial charge in [-0.05, 0) is 6.42 Å². The number of aromatic nitrogens is 2. The van der Waals surface area contributed by atoms with Crippen LogP contribution in [0.15, 0.2) is 12.4 Å². The second kappa shape index (κ2) is 5.60. The zero-order chi connectivity index (χ0) is 15.7. The number of primary amides is 1. The van der Waals surface area contributed by atoms with Gasteiger partial charge in [-0.15, -0.1) is 0 Å². The van der Waals surface area contributed by atoms with E-state index in [0.717, 1.165) is 0 Å². The largest absolute Gasteiger partial charge is 0.480 e. The summed E-state index contributed by atoms with van der Waals surface area (Å²) in [6.07, 6.45) is 3.81. The van der Waals surface area contributed by atoms with E-state index in [-0.39, 0.29) is 24.3 Å². The highest BCUT2D eigenvalue weighted by Crippen LogP contribution is 2.41. The molecule has 0 bridgehead atoms. The molecule has 3 rings (SSSR count). The number of hydrogen-bond donors (Lipinski definition) is 1. The summed E-state index contributed by atoms with van der Waals surface area (Å²) in [4.78, 5) is 25.9. The Bertz CT molecular complexity index is 587. The van der Waals surface area contributed by atoms with Crippen molar-refractivity contribution in [2.75, 3.05) is 32.9 Å². The normalized spacial score (nSPS) is 27.5. The summed E-state index contributed by atoms with van der Waals surface area (Å²) < 4.78 is 12.5. The van der Waals surface area contributed by atoms with Crippen LogP contribution in [0.1, 0.15) is 6.42 Å². The minimum Gasteiger partial charge on any atom is -0.480 e. The molecule has 8 heteroatoms. The van der Waals surface area contributed by atoms with E-state index in [4.69, 9.17) is 15.2 Å². The molecule has 2 N–H and O–H groups in total. The van der Waals surface area contributed by atoms with Crippen molar-refractivity contribution in [3.63, 3.8) is 0 Å². The Morgan fingerprint density at radius 3 is 3.05 bits per heavy atom. The first-order valence-electron chi connectivity index (χ1n) is 7.28. The van der Waals surface area contributed by atoms with Crippen molar-refractivity contribution in [2.24, 2.45) is 24.1 Å². The summed E-state index contributed by atoms with van der Waals surface area (Å²) in [6.45, 7) is 1.74. The quantitative estimate of drug-likeness (QED) is 0.781. The maximum absolute atomic E-state index is 12.3. The number of nitrogens with two attached hydrogens (primary N) is 1. The third-order valence-corrected chi connectivity index (χ3v) is 4.59. The molecular formula is C14H20N4O4. The fourth-order valence-corrected chi connectivity index (χ4v) is 3.25. The Balaban J connectivity index is 1.63. The molecule has 2 aliphatic heterocycles. The smallest absolute Gasteiger partial charge is 0.260 e. The Hall–Kier alpha value is -2.09. The third-order valence-electron chi connectivity index (χ3n) is 4.59. The first-order chi connectivity index (χ1) is 10.5. The van der Waals surface area contributed by atoms with Gasteiger partial charge in [-0.25, -0.2) is 0 Å². The van der Waals surface area contributed by atoms with E-state index in [1.165, 1.54) is 0 Å². The van der Waals surface area contributed by atoms with Crippen LogP contribution in [0.4, 0.5) is 0 Å². The molecule has 0 aliphatic carbocycles. The second-order valence-corrected chi connectivity index (χ2v) is 5.95. The van der Waals surface area contributed by atoms with Crippen LogP contribution < -0.4 is 10.5 Å². The van der Waals surface area contributed by atoms with Crippen LogP contribution in [-0.2, 0) is 21.4 Å². The Labute approximate surface area is 128 Å². The van der Waals surface area contributed by atoms with E-state index in [0.29, 0.717) is 38.5 Å². The Kier molecular flexibility index (Phi) is 3.78. The highest BCUT2D eigenvalue weighted by Gasteiger charge is 2.53. The molecule has 2 fully saturated rings. The van der Waals surface area contributed by atoms with E-state index < -0.39 is 5.41 Å². The van der Waals surface area contributed by atoms with Crippen LogP contribution >= 0.6 is 0 Å². The minimum absolute atomic E-state index is 0.0268. The predicted molar refractivity (Wildman–Crippen MR) is 75.8 cm³/mol. The van der Waals surface area contributed by atoms with Crippen molar-refractivity contribution in [1.29, 1.82) is 0 Å². The first kappa shape index (κ1) is 14.8. The highest BCUT2D eigenvalue weighted by atomic mass is 16.5. The molecule has 0 spiro atoms. The molecule has 0 aromatic carbocycles. The summed E-state index contributed by atoms with van der Waals surface area (Å²) >= 11 is 0. The van der Waals surface area contributed by atoms with Crippen LogP contribution in [-0.4, -0.2) is 59.4 Å². The van der Waals surface area contributed by atoms with E-state index >= 15 is 0 Å². The van der Waals surface area contributed by atoms with Gasteiger partial charge in [-0.2, -0.15) is 5.10 Å². The van der Waals surface area contributed by atoms with E-state index in [2.05, 4.69) is 5.10 Å². The summed E-state index contributed by atoms with van der Waals surface area (Å²) in [7, 11) is 1.77. The number of fused-ring (bicyclic) bond motifs is 1. The SMILES string of the molecule is Cn1cc(OCC(=O)N2C[C@@H]3COCC[C@]3(C(N)=O)C2)cn1. The van der Waals surface area contributed by atoms with Gasteiger partial charge in [-0.1, -0.05) is 0 Å². The Morgan fingerprint density at radius 2 is 2.41 bits per heavy atom. The van der Waals surface area contributed by atoms with Gasteiger partial charge in [0.05, 0.1) is 24.4 Å². The zero-order valence-electron chi connectivity index (χ0n) is 12.5. The molecule has 120 valence electrons. The van der Waals surface area contributed by atoms with Gasteiger partial charge >= 0.3 is 0 Å². The third kappa shape index (κ3) is 2.54. The predicted octanol–water partition coefficient (Wildman–Crippen LogP) is -0.851. The maximum atomic E-state index is 12.3. The molecule has 2 saturated heterocycles. The van der Waals surface area contributed by atoms with Crippen LogP contribution in [0.3, 0.4) is 0 Å². The van der Waals surface area contributed by atoms with Gasteiger partial charge in [0.25, 0.3) is 5.91 Å². The maximum Gasteiger partial charge on any atom is 0.260 e. The molecule has 0 saturated carbocycles. The summed E-state index contributed by atoms with van der Waals surface area (Å²) in [5.41, 5.74) is 4.95. The number of amides is 2. The van der Waals surface area contributed by atoms with Crippen LogP contribution in [0.5, 0.6) is 5.75 Å². The van der Waals surface area contributed by atoms with Crippen molar-refractivity contribution in [3.8, 4) is 5.75 Å². The molecular weight excluding hydrogens is 288 g/mol. The van der Waals surface area contributed by atoms with Gasteiger partial charge in [0.2, 0.25) is 5.91 Å². The highest BCUT2D eigenvalue weighted by molar-refractivity contribution is 5.85. The van der Waals surface area contributed by atoms with Gasteiger partial charge in [0.15, 0.2) is 12.4 Å². The number of ether oxygens (including phenoxy) is 2. The average Bonchev–Trinajstić information content (AvgIpc) is 3.08. The number of carbonyl (C=O) groups excluding carboxylic acids is 2. The molecule has 0 unspecified atom stereocenters. The summed E-state index contributed by atoms with van der Waals surface area (Å²) in [5.74, 6) is 0.0182. The number of carbonyl (C=O) groups is 2. The van der Waals surface area contributed by atoms with Crippen molar-refractivity contribution in [3.05, 3.63) is 12.4 Å². The van der Waals surface area contributed by atoms with E-state index in [1.54, 1.807) is 29.0 Å². The molecule has 22 heavy (non-hydrogen) atoms. The molecule has 2 aliphatic rings. The topological polar surface area (TPSA) is 99.7 Å². The minimum atomic E-state index is -0.651. The average molecular weight is 308 g/mol. The van der Waals surface area contributed by atoms with Crippen molar-refractivity contribution in [1.82, 2.24) is 14.7 Å². The number of likely N-dealkylation sites (tertiary alicyclic amines) is 1. The molecule has 8 nitrogen and oxygen atoms in total. The van der Waals surface area contributed by atoms with Gasteiger partial charge in [0.1, 0.15) is 0 Å². The lowest BCUT2D eigenvalue weighted by Crippen LogP contribution is -2.48. The van der Waals surface area contributed by atoms with Crippen molar-refractivity contribution in [2.45, 2.75) is 6.42 Å². The zero-order valence-corrected chi connectivity index (χ0v) is 12.5. The number of rotatable bonds is 4. The lowest BCUT2D eigenvalue weighted by molar-refractivity contribution is -0.136.